The highest BCUT2D eigenvalue weighted by atomic mass is 19.3. The zero-order chi connectivity index (χ0) is 8.20. The van der Waals surface area contributed by atoms with E-state index in [1.165, 1.54) is 6.92 Å². The van der Waals surface area contributed by atoms with Gasteiger partial charge in [-0.15, -0.1) is 0 Å². The van der Waals surface area contributed by atoms with Gasteiger partial charge in [0.2, 0.25) is 5.92 Å². The second kappa shape index (κ2) is 3.83. The van der Waals surface area contributed by atoms with Crippen LogP contribution in [0.25, 0.3) is 0 Å². The summed E-state index contributed by atoms with van der Waals surface area (Å²) in [5.74, 6) is -2.85. The van der Waals surface area contributed by atoms with E-state index in [9.17, 15) is 8.78 Å². The molecule has 0 aliphatic heterocycles. The lowest BCUT2D eigenvalue weighted by Crippen LogP contribution is -2.25. The molecule has 1 atom stereocenters. The van der Waals surface area contributed by atoms with Crippen molar-refractivity contribution in [2.75, 3.05) is 6.61 Å². The van der Waals surface area contributed by atoms with E-state index in [1.807, 2.05) is 0 Å². The van der Waals surface area contributed by atoms with E-state index in [1.54, 1.807) is 0 Å². The maximum absolute atomic E-state index is 12.3. The van der Waals surface area contributed by atoms with Crippen molar-refractivity contribution in [2.45, 2.75) is 31.8 Å². The molecule has 0 saturated carbocycles. The Kier molecular flexibility index (Phi) is 3.75. The summed E-state index contributed by atoms with van der Waals surface area (Å²) in [5, 5.41) is 16.8. The van der Waals surface area contributed by atoms with E-state index >= 15 is 0 Å². The first-order valence-electron chi connectivity index (χ1n) is 3.18. The second-order valence-corrected chi connectivity index (χ2v) is 2.25. The lowest BCUT2D eigenvalue weighted by molar-refractivity contribution is -0.0578. The molecule has 0 aromatic heterocycles. The molecule has 0 saturated heterocycles. The van der Waals surface area contributed by atoms with Crippen LogP contribution in [0.2, 0.25) is 0 Å². The van der Waals surface area contributed by atoms with Gasteiger partial charge in [0.1, 0.15) is 0 Å². The normalized spacial score (nSPS) is 15.3. The fraction of sp³-hybridized carbons (Fsp3) is 1.00. The van der Waals surface area contributed by atoms with Crippen LogP contribution in [0.5, 0.6) is 0 Å². The standard InChI is InChI=1S/C6H12F2O2/c1-2-6(7,8)3-5(10)4-9/h5,9-10H,2-4H2,1H3. The van der Waals surface area contributed by atoms with Crippen LogP contribution in [-0.2, 0) is 0 Å². The number of halogens is 2. The largest absolute Gasteiger partial charge is 0.394 e. The summed E-state index contributed by atoms with van der Waals surface area (Å²) in [6.45, 7) is 0.736. The van der Waals surface area contributed by atoms with E-state index in [2.05, 4.69) is 0 Å². The Morgan fingerprint density at radius 1 is 1.50 bits per heavy atom. The van der Waals surface area contributed by atoms with Gasteiger partial charge in [0.05, 0.1) is 12.7 Å². The predicted octanol–water partition coefficient (Wildman–Crippen LogP) is 0.775. The van der Waals surface area contributed by atoms with Crippen LogP contribution >= 0.6 is 0 Å². The molecule has 4 heteroatoms. The SMILES string of the molecule is CCC(F)(F)CC(O)CO. The molecule has 0 fully saturated rings. The van der Waals surface area contributed by atoms with Crippen LogP contribution in [0.1, 0.15) is 19.8 Å². The van der Waals surface area contributed by atoms with Crippen molar-refractivity contribution < 1.29 is 19.0 Å². The third-order valence-electron chi connectivity index (χ3n) is 1.26. The van der Waals surface area contributed by atoms with Crippen LogP contribution in [0.3, 0.4) is 0 Å². The first-order valence-corrected chi connectivity index (χ1v) is 3.18. The minimum Gasteiger partial charge on any atom is -0.394 e. The zero-order valence-corrected chi connectivity index (χ0v) is 5.85. The fourth-order valence-electron chi connectivity index (χ4n) is 0.554. The van der Waals surface area contributed by atoms with Gasteiger partial charge in [0.25, 0.3) is 0 Å². The van der Waals surface area contributed by atoms with E-state index < -0.39 is 25.1 Å². The van der Waals surface area contributed by atoms with E-state index in [4.69, 9.17) is 10.2 Å². The molecule has 62 valence electrons. The van der Waals surface area contributed by atoms with Crippen molar-refractivity contribution in [3.63, 3.8) is 0 Å². The summed E-state index contributed by atoms with van der Waals surface area (Å²) in [4.78, 5) is 0. The predicted molar refractivity (Wildman–Crippen MR) is 32.9 cm³/mol. The molecule has 0 aromatic carbocycles. The molecule has 0 radical (unpaired) electrons. The highest BCUT2D eigenvalue weighted by Crippen LogP contribution is 2.23. The first-order chi connectivity index (χ1) is 4.52. The van der Waals surface area contributed by atoms with Crippen molar-refractivity contribution in [1.82, 2.24) is 0 Å². The Morgan fingerprint density at radius 2 is 2.00 bits per heavy atom. The molecule has 0 aliphatic rings. The molecule has 0 aliphatic carbocycles. The minimum absolute atomic E-state index is 0.302. The Balaban J connectivity index is 3.64. The van der Waals surface area contributed by atoms with Crippen LogP contribution in [0, 0.1) is 0 Å². The van der Waals surface area contributed by atoms with Gasteiger partial charge in [-0.25, -0.2) is 8.78 Å². The van der Waals surface area contributed by atoms with Crippen LogP contribution < -0.4 is 0 Å². The first kappa shape index (κ1) is 9.78. The summed E-state index contributed by atoms with van der Waals surface area (Å²) >= 11 is 0. The van der Waals surface area contributed by atoms with E-state index in [0.29, 0.717) is 0 Å². The molecule has 2 N–H and O–H groups in total. The molecule has 1 unspecified atom stereocenters. The fourth-order valence-corrected chi connectivity index (χ4v) is 0.554. The molecule has 0 amide bonds. The third-order valence-corrected chi connectivity index (χ3v) is 1.26. The lowest BCUT2D eigenvalue weighted by Gasteiger charge is -2.16. The van der Waals surface area contributed by atoms with Gasteiger partial charge in [0, 0.05) is 12.8 Å². The van der Waals surface area contributed by atoms with Gasteiger partial charge in [-0.3, -0.25) is 0 Å². The Bertz CT molecular complexity index is 95.7. The number of hydrogen-bond donors (Lipinski definition) is 2. The second-order valence-electron chi connectivity index (χ2n) is 2.25. The van der Waals surface area contributed by atoms with Crippen molar-refractivity contribution in [3.8, 4) is 0 Å². The van der Waals surface area contributed by atoms with Crippen LogP contribution in [-0.4, -0.2) is 28.8 Å². The van der Waals surface area contributed by atoms with Gasteiger partial charge < -0.3 is 10.2 Å². The summed E-state index contributed by atoms with van der Waals surface area (Å²) in [6.07, 6.45) is -2.25. The van der Waals surface area contributed by atoms with Crippen LogP contribution in [0.4, 0.5) is 8.78 Å². The molecular weight excluding hydrogens is 142 g/mol. The highest BCUT2D eigenvalue weighted by Gasteiger charge is 2.29. The summed E-state index contributed by atoms with van der Waals surface area (Å²) in [7, 11) is 0. The summed E-state index contributed by atoms with van der Waals surface area (Å²) in [5.41, 5.74) is 0. The Morgan fingerprint density at radius 3 is 2.30 bits per heavy atom. The topological polar surface area (TPSA) is 40.5 Å². The number of hydrogen-bond acceptors (Lipinski definition) is 2. The lowest BCUT2D eigenvalue weighted by atomic mass is 10.1. The Labute approximate surface area is 58.5 Å². The van der Waals surface area contributed by atoms with Gasteiger partial charge in [-0.2, -0.15) is 0 Å². The molecule has 0 spiro atoms. The number of aliphatic hydroxyl groups is 2. The zero-order valence-electron chi connectivity index (χ0n) is 5.85. The number of rotatable bonds is 4. The molecule has 0 aromatic rings. The van der Waals surface area contributed by atoms with E-state index in [-0.39, 0.29) is 6.42 Å². The monoisotopic (exact) mass is 154 g/mol. The van der Waals surface area contributed by atoms with Gasteiger partial charge in [0.15, 0.2) is 0 Å². The van der Waals surface area contributed by atoms with Crippen molar-refractivity contribution in [1.29, 1.82) is 0 Å². The van der Waals surface area contributed by atoms with Gasteiger partial charge >= 0.3 is 0 Å². The molecule has 0 heterocycles. The maximum Gasteiger partial charge on any atom is 0.250 e. The average molecular weight is 154 g/mol. The average Bonchev–Trinajstić information content (AvgIpc) is 1.87. The van der Waals surface area contributed by atoms with Gasteiger partial charge in [-0.1, -0.05) is 6.92 Å². The molecule has 2 nitrogen and oxygen atoms in total. The quantitative estimate of drug-likeness (QED) is 0.628. The molecule has 0 bridgehead atoms. The maximum atomic E-state index is 12.3. The van der Waals surface area contributed by atoms with Crippen molar-refractivity contribution in [2.24, 2.45) is 0 Å². The third kappa shape index (κ3) is 3.74. The van der Waals surface area contributed by atoms with Gasteiger partial charge in [-0.05, 0) is 0 Å². The van der Waals surface area contributed by atoms with Crippen molar-refractivity contribution in [3.05, 3.63) is 0 Å². The summed E-state index contributed by atoms with van der Waals surface area (Å²) in [6, 6.07) is 0. The highest BCUT2D eigenvalue weighted by molar-refractivity contribution is 4.68. The van der Waals surface area contributed by atoms with E-state index in [0.717, 1.165) is 0 Å². The van der Waals surface area contributed by atoms with Crippen molar-refractivity contribution >= 4 is 0 Å². The molecule has 10 heavy (non-hydrogen) atoms. The summed E-state index contributed by atoms with van der Waals surface area (Å²) < 4.78 is 24.6. The Hall–Kier alpha value is -0.220. The minimum atomic E-state index is -2.85. The van der Waals surface area contributed by atoms with Crippen LogP contribution in [0.15, 0.2) is 0 Å². The number of alkyl halides is 2. The smallest absolute Gasteiger partial charge is 0.250 e. The number of aliphatic hydroxyl groups excluding tert-OH is 2. The molecular formula is C6H12F2O2. The molecule has 0 rings (SSSR count).